The molecule has 1 atom stereocenters. The molecule has 5 heteroatoms. The minimum atomic E-state index is 0.205. The Kier molecular flexibility index (Phi) is 2.21. The number of hydrogen-bond acceptors (Lipinski definition) is 4. The third kappa shape index (κ3) is 1.79. The molecular formula is C6H9N3S2. The fourth-order valence-electron chi connectivity index (χ4n) is 0.854. The number of hydrogen-bond donors (Lipinski definition) is 2. The highest BCUT2D eigenvalue weighted by atomic mass is 32.2. The van der Waals surface area contributed by atoms with E-state index in [-0.39, 0.29) is 10.7 Å². The Morgan fingerprint density at radius 3 is 3.36 bits per heavy atom. The maximum Gasteiger partial charge on any atom is 0.192 e. The van der Waals surface area contributed by atoms with Crippen LogP contribution in [-0.2, 0) is 0 Å². The predicted molar refractivity (Wildman–Crippen MR) is 52.3 cm³/mol. The molecule has 60 valence electrons. The second-order valence-electron chi connectivity index (χ2n) is 2.14. The van der Waals surface area contributed by atoms with Crippen LogP contribution in [0.2, 0.25) is 0 Å². The normalized spacial score (nSPS) is 23.1. The van der Waals surface area contributed by atoms with E-state index in [0.29, 0.717) is 0 Å². The van der Waals surface area contributed by atoms with Crippen molar-refractivity contribution in [1.82, 2.24) is 10.3 Å². The van der Waals surface area contributed by atoms with Gasteiger partial charge in [-0.2, -0.15) is 0 Å². The maximum absolute atomic E-state index is 4.15. The van der Waals surface area contributed by atoms with Gasteiger partial charge in [-0.3, -0.25) is 5.32 Å². The molecule has 0 amide bonds. The zero-order valence-corrected chi connectivity index (χ0v) is 7.54. The monoisotopic (exact) mass is 187 g/mol. The van der Waals surface area contributed by atoms with Gasteiger partial charge in [0.1, 0.15) is 0 Å². The van der Waals surface area contributed by atoms with Crippen LogP contribution >= 0.6 is 22.0 Å². The Morgan fingerprint density at radius 2 is 2.73 bits per heavy atom. The molecule has 1 aliphatic heterocycles. The quantitative estimate of drug-likeness (QED) is 0.681. The van der Waals surface area contributed by atoms with Gasteiger partial charge < -0.3 is 4.72 Å². The van der Waals surface area contributed by atoms with Gasteiger partial charge in [0.15, 0.2) is 5.13 Å². The van der Waals surface area contributed by atoms with Crippen molar-refractivity contribution < 1.29 is 0 Å². The molecular weight excluding hydrogens is 178 g/mol. The number of aromatic nitrogens is 1. The van der Waals surface area contributed by atoms with Gasteiger partial charge in [0.2, 0.25) is 0 Å². The average molecular weight is 187 g/mol. The van der Waals surface area contributed by atoms with E-state index in [0.717, 1.165) is 11.7 Å². The third-order valence-electron chi connectivity index (χ3n) is 1.34. The molecule has 11 heavy (non-hydrogen) atoms. The second-order valence-corrected chi connectivity index (χ2v) is 4.74. The zero-order chi connectivity index (χ0) is 7.52. The molecule has 0 bridgehead atoms. The molecule has 2 N–H and O–H groups in total. The van der Waals surface area contributed by atoms with Crippen LogP contribution in [0.5, 0.6) is 0 Å². The summed E-state index contributed by atoms with van der Waals surface area (Å²) in [6, 6.07) is 0. The van der Waals surface area contributed by atoms with Gasteiger partial charge in [-0.15, -0.1) is 11.3 Å². The molecule has 3 nitrogen and oxygen atoms in total. The van der Waals surface area contributed by atoms with Crippen molar-refractivity contribution in [3.8, 4) is 0 Å². The smallest absolute Gasteiger partial charge is 0.192 e. The molecule has 2 heterocycles. The van der Waals surface area contributed by atoms with Crippen LogP contribution in [0.1, 0.15) is 0 Å². The molecule has 1 aliphatic rings. The molecule has 1 aromatic rings. The van der Waals surface area contributed by atoms with Gasteiger partial charge >= 0.3 is 0 Å². The number of nitrogens with one attached hydrogen (secondary N) is 2. The summed E-state index contributed by atoms with van der Waals surface area (Å²) in [6.45, 7) is 1.08. The molecule has 0 radical (unpaired) electrons. The number of thiazole rings is 1. The summed E-state index contributed by atoms with van der Waals surface area (Å²) in [5.41, 5.74) is 2.11. The highest BCUT2D eigenvalue weighted by Gasteiger charge is 2.02. The Morgan fingerprint density at radius 1 is 1.73 bits per heavy atom. The highest BCUT2D eigenvalue weighted by Crippen LogP contribution is 2.20. The van der Waals surface area contributed by atoms with Crippen LogP contribution in [0.25, 0.3) is 0 Å². The largest absolute Gasteiger partial charge is 0.311 e. The minimum absolute atomic E-state index is 0.205. The SMILES string of the molecule is C1=S(Nc2nccs2)CCN1. The molecule has 0 spiro atoms. The van der Waals surface area contributed by atoms with Gasteiger partial charge in [-0.25, -0.2) is 4.98 Å². The van der Waals surface area contributed by atoms with Crippen molar-refractivity contribution in [2.45, 2.75) is 0 Å². The fourth-order valence-corrected chi connectivity index (χ4v) is 2.95. The van der Waals surface area contributed by atoms with Crippen LogP contribution < -0.4 is 10.0 Å². The Balaban J connectivity index is 2.00. The number of anilines is 1. The lowest BCUT2D eigenvalue weighted by atomic mass is 10.8. The van der Waals surface area contributed by atoms with E-state index in [2.05, 4.69) is 20.5 Å². The molecule has 0 saturated heterocycles. The van der Waals surface area contributed by atoms with E-state index >= 15 is 0 Å². The first-order chi connectivity index (χ1) is 5.45. The molecule has 0 aromatic carbocycles. The summed E-state index contributed by atoms with van der Waals surface area (Å²) < 4.78 is 3.34. The van der Waals surface area contributed by atoms with Crippen LogP contribution in [0.4, 0.5) is 5.13 Å². The molecule has 1 unspecified atom stereocenters. The van der Waals surface area contributed by atoms with Gasteiger partial charge in [0, 0.05) is 29.4 Å². The third-order valence-corrected chi connectivity index (χ3v) is 3.71. The van der Waals surface area contributed by atoms with E-state index < -0.39 is 0 Å². The van der Waals surface area contributed by atoms with Gasteiger partial charge in [-0.1, -0.05) is 10.7 Å². The summed E-state index contributed by atoms with van der Waals surface area (Å²) >= 11 is 1.65. The Hall–Kier alpha value is -0.390. The predicted octanol–water partition coefficient (Wildman–Crippen LogP) is 1.10. The van der Waals surface area contributed by atoms with Crippen molar-refractivity contribution in [3.05, 3.63) is 11.6 Å². The van der Waals surface area contributed by atoms with Crippen molar-refractivity contribution in [2.24, 2.45) is 0 Å². The van der Waals surface area contributed by atoms with E-state index in [9.17, 15) is 0 Å². The van der Waals surface area contributed by atoms with Crippen molar-refractivity contribution in [2.75, 3.05) is 17.0 Å². The summed E-state index contributed by atoms with van der Waals surface area (Å²) in [5.74, 6) is 1.18. The lowest BCUT2D eigenvalue weighted by molar-refractivity contribution is 1.03. The molecule has 0 saturated carbocycles. The van der Waals surface area contributed by atoms with Gasteiger partial charge in [0.05, 0.1) is 0 Å². The lowest BCUT2D eigenvalue weighted by Gasteiger charge is -2.01. The Bertz CT molecular complexity index is 255. The first-order valence-electron chi connectivity index (χ1n) is 3.38. The maximum atomic E-state index is 4.15. The topological polar surface area (TPSA) is 37.0 Å². The molecule has 0 aliphatic carbocycles. The number of rotatable bonds is 2. The summed E-state index contributed by atoms with van der Waals surface area (Å²) in [6.07, 6.45) is 1.82. The second kappa shape index (κ2) is 3.34. The summed E-state index contributed by atoms with van der Waals surface area (Å²) in [5, 5.41) is 6.19. The summed E-state index contributed by atoms with van der Waals surface area (Å²) in [4.78, 5) is 4.15. The van der Waals surface area contributed by atoms with Crippen LogP contribution in [0, 0.1) is 0 Å². The molecule has 2 rings (SSSR count). The van der Waals surface area contributed by atoms with Gasteiger partial charge in [-0.05, 0) is 0 Å². The van der Waals surface area contributed by atoms with Crippen LogP contribution in [0.3, 0.4) is 0 Å². The van der Waals surface area contributed by atoms with E-state index in [1.165, 1.54) is 5.75 Å². The van der Waals surface area contributed by atoms with E-state index in [4.69, 9.17) is 0 Å². The lowest BCUT2D eigenvalue weighted by Crippen LogP contribution is -2.05. The first-order valence-corrected chi connectivity index (χ1v) is 5.71. The van der Waals surface area contributed by atoms with Crippen molar-refractivity contribution >= 4 is 32.6 Å². The van der Waals surface area contributed by atoms with E-state index in [1.54, 1.807) is 11.3 Å². The molecule has 1 aromatic heterocycles. The van der Waals surface area contributed by atoms with Crippen molar-refractivity contribution in [3.63, 3.8) is 0 Å². The minimum Gasteiger partial charge on any atom is -0.311 e. The van der Waals surface area contributed by atoms with Crippen LogP contribution in [0.15, 0.2) is 11.6 Å². The van der Waals surface area contributed by atoms with Crippen molar-refractivity contribution in [1.29, 1.82) is 0 Å². The standard InChI is InChI=1S/C6H9N3S2/c1-3-10-6(8-1)9-11-4-2-7-5-11/h1,3,5,7H,2,4H2,(H,8,9). The number of nitrogens with zero attached hydrogens (tertiary/aromatic N) is 1. The highest BCUT2D eigenvalue weighted by molar-refractivity contribution is 8.16. The zero-order valence-electron chi connectivity index (χ0n) is 5.91. The van der Waals surface area contributed by atoms with E-state index in [1.807, 2.05) is 11.6 Å². The first kappa shape index (κ1) is 7.27. The average Bonchev–Trinajstić information content (AvgIpc) is 2.60. The fraction of sp³-hybridized carbons (Fsp3) is 0.333. The Labute approximate surface area is 71.9 Å². The van der Waals surface area contributed by atoms with Gasteiger partial charge in [0.25, 0.3) is 0 Å². The molecule has 0 fully saturated rings. The summed E-state index contributed by atoms with van der Waals surface area (Å²) in [7, 11) is 0.205. The van der Waals surface area contributed by atoms with Crippen LogP contribution in [-0.4, -0.2) is 22.8 Å².